The van der Waals surface area contributed by atoms with E-state index in [0.29, 0.717) is 30.9 Å². The lowest BCUT2D eigenvalue weighted by Gasteiger charge is -2.20. The van der Waals surface area contributed by atoms with Gasteiger partial charge in [0, 0.05) is 36.1 Å². The van der Waals surface area contributed by atoms with Crippen LogP contribution < -0.4 is 10.6 Å². The number of benzene rings is 1. The minimum Gasteiger partial charge on any atom is -0.364 e. The first-order chi connectivity index (χ1) is 16.1. The standard InChI is InChI=1S/C25H19N5O3/c31-23(28-13-15-3-5-16(6-4-15)20-7-9-33-30-20)21-10-17-11-25(12-18(17)14-27-21)19-2-1-8-26-22(19)29-24(25)32/h1-10,14H,11-13H2,(H,28,31)(H,26,29,32). The Morgan fingerprint density at radius 2 is 1.94 bits per heavy atom. The van der Waals surface area contributed by atoms with Crippen LogP contribution in [0.2, 0.25) is 0 Å². The number of carbonyl (C=O) groups is 2. The number of hydrogen-bond donors (Lipinski definition) is 2. The monoisotopic (exact) mass is 437 g/mol. The van der Waals surface area contributed by atoms with Crippen LogP contribution in [0.15, 0.2) is 71.7 Å². The Bertz CT molecular complexity index is 1380. The minimum atomic E-state index is -0.672. The maximum Gasteiger partial charge on any atom is 0.270 e. The molecule has 1 aliphatic carbocycles. The molecule has 0 fully saturated rings. The Hall–Kier alpha value is -4.33. The summed E-state index contributed by atoms with van der Waals surface area (Å²) < 4.78 is 4.87. The lowest BCUT2D eigenvalue weighted by Crippen LogP contribution is -2.35. The van der Waals surface area contributed by atoms with Crippen molar-refractivity contribution in [3.05, 3.63) is 95.1 Å². The van der Waals surface area contributed by atoms with E-state index in [1.54, 1.807) is 24.5 Å². The van der Waals surface area contributed by atoms with E-state index >= 15 is 0 Å². The van der Waals surface area contributed by atoms with Crippen molar-refractivity contribution in [3.8, 4) is 11.3 Å². The fourth-order valence-electron chi connectivity index (χ4n) is 4.71. The van der Waals surface area contributed by atoms with Gasteiger partial charge in [-0.05, 0) is 41.7 Å². The van der Waals surface area contributed by atoms with Gasteiger partial charge in [-0.3, -0.25) is 14.6 Å². The van der Waals surface area contributed by atoms with E-state index in [0.717, 1.165) is 33.5 Å². The van der Waals surface area contributed by atoms with Gasteiger partial charge in [-0.1, -0.05) is 35.5 Å². The zero-order valence-corrected chi connectivity index (χ0v) is 17.5. The van der Waals surface area contributed by atoms with E-state index in [2.05, 4.69) is 25.8 Å². The van der Waals surface area contributed by atoms with Crippen LogP contribution in [0.5, 0.6) is 0 Å². The molecule has 6 rings (SSSR count). The summed E-state index contributed by atoms with van der Waals surface area (Å²) >= 11 is 0. The van der Waals surface area contributed by atoms with Crippen molar-refractivity contribution >= 4 is 17.6 Å². The van der Waals surface area contributed by atoms with Crippen molar-refractivity contribution in [2.24, 2.45) is 0 Å². The van der Waals surface area contributed by atoms with Gasteiger partial charge >= 0.3 is 0 Å². The molecule has 162 valence electrons. The summed E-state index contributed by atoms with van der Waals surface area (Å²) in [6.45, 7) is 0.377. The fourth-order valence-corrected chi connectivity index (χ4v) is 4.71. The molecular formula is C25H19N5O3. The molecule has 3 aromatic heterocycles. The normalized spacial score (nSPS) is 18.1. The molecule has 2 aliphatic rings. The Morgan fingerprint density at radius 3 is 2.76 bits per heavy atom. The summed E-state index contributed by atoms with van der Waals surface area (Å²) in [5.74, 6) is 0.320. The maximum atomic E-state index is 12.8. The van der Waals surface area contributed by atoms with E-state index in [1.165, 1.54) is 6.26 Å². The summed E-state index contributed by atoms with van der Waals surface area (Å²) in [5.41, 5.74) is 5.21. The second-order valence-corrected chi connectivity index (χ2v) is 8.39. The molecule has 4 aromatic rings. The van der Waals surface area contributed by atoms with Gasteiger partial charge in [-0.15, -0.1) is 0 Å². The highest BCUT2D eigenvalue weighted by Crippen LogP contribution is 2.46. The number of anilines is 1. The molecular weight excluding hydrogens is 418 g/mol. The predicted molar refractivity (Wildman–Crippen MR) is 119 cm³/mol. The van der Waals surface area contributed by atoms with E-state index in [4.69, 9.17) is 4.52 Å². The van der Waals surface area contributed by atoms with Crippen molar-refractivity contribution in [3.63, 3.8) is 0 Å². The van der Waals surface area contributed by atoms with Crippen LogP contribution in [0, 0.1) is 0 Å². The first-order valence-electron chi connectivity index (χ1n) is 10.6. The van der Waals surface area contributed by atoms with Gasteiger partial charge in [0.1, 0.15) is 23.5 Å². The highest BCUT2D eigenvalue weighted by Gasteiger charge is 2.51. The van der Waals surface area contributed by atoms with Crippen molar-refractivity contribution in [1.29, 1.82) is 0 Å². The van der Waals surface area contributed by atoms with Crippen molar-refractivity contribution in [2.45, 2.75) is 24.8 Å². The lowest BCUT2D eigenvalue weighted by molar-refractivity contribution is -0.120. The Balaban J connectivity index is 1.17. The molecule has 2 amide bonds. The van der Waals surface area contributed by atoms with Gasteiger partial charge in [0.25, 0.3) is 5.91 Å². The molecule has 0 saturated carbocycles. The van der Waals surface area contributed by atoms with Crippen LogP contribution in [-0.2, 0) is 29.6 Å². The summed E-state index contributed by atoms with van der Waals surface area (Å²) in [6, 6.07) is 15.1. The van der Waals surface area contributed by atoms with Gasteiger partial charge in [-0.25, -0.2) is 4.98 Å². The van der Waals surface area contributed by atoms with Crippen LogP contribution in [0.25, 0.3) is 11.3 Å². The van der Waals surface area contributed by atoms with Crippen molar-refractivity contribution < 1.29 is 14.1 Å². The van der Waals surface area contributed by atoms with Crippen LogP contribution in [0.1, 0.15) is 32.7 Å². The molecule has 8 nitrogen and oxygen atoms in total. The molecule has 0 radical (unpaired) electrons. The van der Waals surface area contributed by atoms with Crippen molar-refractivity contribution in [2.75, 3.05) is 5.32 Å². The number of pyridine rings is 2. The topological polar surface area (TPSA) is 110 Å². The van der Waals surface area contributed by atoms with E-state index in [1.807, 2.05) is 36.4 Å². The quantitative estimate of drug-likeness (QED) is 0.508. The predicted octanol–water partition coefficient (Wildman–Crippen LogP) is 3.05. The number of aromatic nitrogens is 3. The molecule has 2 N–H and O–H groups in total. The van der Waals surface area contributed by atoms with Gasteiger partial charge < -0.3 is 15.2 Å². The number of rotatable bonds is 4. The average molecular weight is 437 g/mol. The smallest absolute Gasteiger partial charge is 0.270 e. The molecule has 1 aliphatic heterocycles. The molecule has 1 unspecified atom stereocenters. The largest absolute Gasteiger partial charge is 0.364 e. The number of nitrogens with zero attached hydrogens (tertiary/aromatic N) is 3. The second kappa shape index (κ2) is 7.37. The van der Waals surface area contributed by atoms with Crippen LogP contribution in [0.4, 0.5) is 5.82 Å². The fraction of sp³-hybridized carbons (Fsp3) is 0.160. The zero-order valence-electron chi connectivity index (χ0n) is 17.5. The van der Waals surface area contributed by atoms with Crippen LogP contribution in [0.3, 0.4) is 0 Å². The Kier molecular flexibility index (Phi) is 4.33. The number of nitrogens with one attached hydrogen (secondary N) is 2. The molecule has 1 atom stereocenters. The number of hydrogen-bond acceptors (Lipinski definition) is 6. The molecule has 4 heterocycles. The molecule has 33 heavy (non-hydrogen) atoms. The minimum absolute atomic E-state index is 0.0486. The molecule has 0 saturated heterocycles. The number of amides is 2. The highest BCUT2D eigenvalue weighted by molar-refractivity contribution is 6.06. The van der Waals surface area contributed by atoms with Crippen LogP contribution in [-0.4, -0.2) is 26.9 Å². The zero-order chi connectivity index (χ0) is 22.4. The Labute approximate surface area is 189 Å². The van der Waals surface area contributed by atoms with Gasteiger partial charge in [0.05, 0.1) is 5.41 Å². The summed E-state index contributed by atoms with van der Waals surface area (Å²) in [4.78, 5) is 34.3. The lowest BCUT2D eigenvalue weighted by atomic mass is 9.79. The van der Waals surface area contributed by atoms with Crippen molar-refractivity contribution in [1.82, 2.24) is 20.4 Å². The highest BCUT2D eigenvalue weighted by atomic mass is 16.5. The first-order valence-corrected chi connectivity index (χ1v) is 10.6. The average Bonchev–Trinajstić information content (AvgIpc) is 3.56. The van der Waals surface area contributed by atoms with Gasteiger partial charge in [0.2, 0.25) is 5.91 Å². The SMILES string of the molecule is O=C(NCc1ccc(-c2ccon2)cc1)c1cc2c(cn1)CC1(C2)C(=O)Nc2ncccc21. The molecule has 1 aromatic carbocycles. The summed E-state index contributed by atoms with van der Waals surface area (Å²) in [5, 5.41) is 9.74. The van der Waals surface area contributed by atoms with E-state index in [9.17, 15) is 9.59 Å². The molecule has 8 heteroatoms. The third-order valence-corrected chi connectivity index (χ3v) is 6.43. The number of carbonyl (C=O) groups excluding carboxylic acids is 2. The molecule has 1 spiro atoms. The second-order valence-electron chi connectivity index (χ2n) is 8.39. The third-order valence-electron chi connectivity index (χ3n) is 6.43. The number of fused-ring (bicyclic) bond motifs is 3. The Morgan fingerprint density at radius 1 is 1.09 bits per heavy atom. The van der Waals surface area contributed by atoms with Gasteiger partial charge in [-0.2, -0.15) is 0 Å². The van der Waals surface area contributed by atoms with E-state index < -0.39 is 5.41 Å². The summed E-state index contributed by atoms with van der Waals surface area (Å²) in [7, 11) is 0. The third kappa shape index (κ3) is 3.18. The molecule has 0 bridgehead atoms. The van der Waals surface area contributed by atoms with Gasteiger partial charge in [0.15, 0.2) is 0 Å². The van der Waals surface area contributed by atoms with E-state index in [-0.39, 0.29) is 11.8 Å². The van der Waals surface area contributed by atoms with Crippen LogP contribution >= 0.6 is 0 Å². The summed E-state index contributed by atoms with van der Waals surface area (Å²) in [6.07, 6.45) is 6.00. The maximum absolute atomic E-state index is 12.8. The first kappa shape index (κ1) is 19.4.